The van der Waals surface area contributed by atoms with Crippen molar-refractivity contribution in [1.29, 1.82) is 5.26 Å². The molecule has 0 radical (unpaired) electrons. The van der Waals surface area contributed by atoms with Gasteiger partial charge in [0.1, 0.15) is 5.75 Å². The van der Waals surface area contributed by atoms with E-state index in [2.05, 4.69) is 33.7 Å². The van der Waals surface area contributed by atoms with Crippen molar-refractivity contribution in [3.63, 3.8) is 0 Å². The van der Waals surface area contributed by atoms with Gasteiger partial charge in [0.2, 0.25) is 5.91 Å². The Hall–Kier alpha value is -4.09. The van der Waals surface area contributed by atoms with E-state index < -0.39 is 0 Å². The van der Waals surface area contributed by atoms with Gasteiger partial charge in [0.15, 0.2) is 11.0 Å². The topological polar surface area (TPSA) is 92.8 Å². The zero-order valence-corrected chi connectivity index (χ0v) is 19.5. The van der Waals surface area contributed by atoms with Gasteiger partial charge >= 0.3 is 0 Å². The Balaban J connectivity index is 1.51. The first-order valence-electron chi connectivity index (χ1n) is 10.7. The van der Waals surface area contributed by atoms with Crippen LogP contribution < -0.4 is 10.1 Å². The Morgan fingerprint density at radius 2 is 1.85 bits per heavy atom. The Morgan fingerprint density at radius 1 is 1.06 bits per heavy atom. The summed E-state index contributed by atoms with van der Waals surface area (Å²) in [5, 5.41) is 21.3. The molecule has 1 aromatic heterocycles. The van der Waals surface area contributed by atoms with Crippen LogP contribution in [0, 0.1) is 11.3 Å². The first-order chi connectivity index (χ1) is 16.7. The van der Waals surface area contributed by atoms with E-state index in [9.17, 15) is 4.79 Å². The molecular weight excluding hydrogens is 446 g/mol. The molecule has 4 aromatic rings. The molecule has 170 valence electrons. The van der Waals surface area contributed by atoms with E-state index in [4.69, 9.17) is 10.00 Å². The molecule has 1 N–H and O–H groups in total. The van der Waals surface area contributed by atoms with Crippen LogP contribution in [0.25, 0.3) is 11.4 Å². The summed E-state index contributed by atoms with van der Waals surface area (Å²) in [6, 6.07) is 26.8. The number of thioether (sulfide) groups is 1. The molecule has 0 aliphatic carbocycles. The molecule has 0 aliphatic rings. The fourth-order valence-corrected chi connectivity index (χ4v) is 4.19. The molecule has 4 rings (SSSR count). The van der Waals surface area contributed by atoms with Crippen molar-refractivity contribution in [3.8, 4) is 23.2 Å². The van der Waals surface area contributed by atoms with Gasteiger partial charge in [-0.1, -0.05) is 48.2 Å². The standard InChI is InChI=1S/C26H23N5O2S/c1-33-23-12-10-21(11-13-23)25-29-30-26(31(25)15-14-19-6-3-2-4-7-19)34-18-24(32)28-22-9-5-8-20(16-22)17-27/h2-13,16H,14-15,18H2,1H3,(H,28,32). The third-order valence-electron chi connectivity index (χ3n) is 5.14. The van der Waals surface area contributed by atoms with E-state index in [-0.39, 0.29) is 11.7 Å². The number of nitriles is 1. The fourth-order valence-electron chi connectivity index (χ4n) is 3.43. The minimum Gasteiger partial charge on any atom is -0.497 e. The SMILES string of the molecule is COc1ccc(-c2nnc(SCC(=O)Nc3cccc(C#N)c3)n2CCc2ccccc2)cc1. The second-order valence-electron chi connectivity index (χ2n) is 7.45. The molecule has 8 heteroatoms. The van der Waals surface area contributed by atoms with Gasteiger partial charge in [-0.05, 0) is 54.4 Å². The number of carbonyl (C=O) groups excluding carboxylic acids is 1. The van der Waals surface area contributed by atoms with Gasteiger partial charge in [-0.15, -0.1) is 10.2 Å². The first kappa shape index (κ1) is 23.1. The molecule has 1 heterocycles. The van der Waals surface area contributed by atoms with Crippen molar-refractivity contribution in [3.05, 3.63) is 90.0 Å². The van der Waals surface area contributed by atoms with Crippen LogP contribution in [0.1, 0.15) is 11.1 Å². The van der Waals surface area contributed by atoms with Gasteiger partial charge in [-0.25, -0.2) is 0 Å². The second kappa shape index (κ2) is 11.2. The monoisotopic (exact) mass is 469 g/mol. The molecule has 0 atom stereocenters. The van der Waals surface area contributed by atoms with Gasteiger partial charge in [-0.3, -0.25) is 4.79 Å². The second-order valence-corrected chi connectivity index (χ2v) is 8.39. The van der Waals surface area contributed by atoms with Crippen LogP contribution in [-0.4, -0.2) is 33.5 Å². The number of nitrogens with zero attached hydrogens (tertiary/aromatic N) is 4. The number of amides is 1. The molecule has 0 aliphatic heterocycles. The average Bonchev–Trinajstić information content (AvgIpc) is 3.29. The van der Waals surface area contributed by atoms with Gasteiger partial charge in [0.05, 0.1) is 24.5 Å². The molecular formula is C26H23N5O2S. The molecule has 1 amide bonds. The number of benzene rings is 3. The van der Waals surface area contributed by atoms with Crippen LogP contribution in [0.2, 0.25) is 0 Å². The van der Waals surface area contributed by atoms with Crippen LogP contribution in [0.4, 0.5) is 5.69 Å². The predicted octanol–water partition coefficient (Wildman–Crippen LogP) is 4.80. The van der Waals surface area contributed by atoms with Crippen LogP contribution in [0.15, 0.2) is 84.0 Å². The highest BCUT2D eigenvalue weighted by Gasteiger charge is 2.16. The Labute approximate surface area is 202 Å². The van der Waals surface area contributed by atoms with Crippen LogP contribution >= 0.6 is 11.8 Å². The summed E-state index contributed by atoms with van der Waals surface area (Å²) in [4.78, 5) is 12.5. The number of aromatic nitrogens is 3. The highest BCUT2D eigenvalue weighted by Crippen LogP contribution is 2.26. The van der Waals surface area contributed by atoms with E-state index in [0.717, 1.165) is 23.6 Å². The van der Waals surface area contributed by atoms with E-state index in [1.807, 2.05) is 47.0 Å². The number of aryl methyl sites for hydroxylation is 1. The predicted molar refractivity (Wildman–Crippen MR) is 133 cm³/mol. The number of hydrogen-bond donors (Lipinski definition) is 1. The molecule has 0 fully saturated rings. The smallest absolute Gasteiger partial charge is 0.234 e. The molecule has 0 spiro atoms. The van der Waals surface area contributed by atoms with Crippen LogP contribution in [0.3, 0.4) is 0 Å². The lowest BCUT2D eigenvalue weighted by atomic mass is 10.1. The lowest BCUT2D eigenvalue weighted by Gasteiger charge is -2.11. The summed E-state index contributed by atoms with van der Waals surface area (Å²) in [6.07, 6.45) is 0.808. The van der Waals surface area contributed by atoms with Crippen molar-refractivity contribution in [1.82, 2.24) is 14.8 Å². The molecule has 0 unspecified atom stereocenters. The van der Waals surface area contributed by atoms with Crippen molar-refractivity contribution in [2.45, 2.75) is 18.1 Å². The maximum absolute atomic E-state index is 12.5. The molecule has 34 heavy (non-hydrogen) atoms. The summed E-state index contributed by atoms with van der Waals surface area (Å²) < 4.78 is 7.31. The highest BCUT2D eigenvalue weighted by atomic mass is 32.2. The van der Waals surface area contributed by atoms with Gasteiger partial charge in [0, 0.05) is 17.8 Å². The summed E-state index contributed by atoms with van der Waals surface area (Å²) in [5.74, 6) is 1.50. The molecule has 7 nitrogen and oxygen atoms in total. The van der Waals surface area contributed by atoms with Crippen molar-refractivity contribution in [2.24, 2.45) is 0 Å². The quantitative estimate of drug-likeness (QED) is 0.354. The van der Waals surface area contributed by atoms with Crippen molar-refractivity contribution < 1.29 is 9.53 Å². The maximum Gasteiger partial charge on any atom is 0.234 e. The molecule has 0 saturated heterocycles. The van der Waals surface area contributed by atoms with E-state index in [1.165, 1.54) is 17.3 Å². The zero-order chi connectivity index (χ0) is 23.8. The number of anilines is 1. The largest absolute Gasteiger partial charge is 0.497 e. The maximum atomic E-state index is 12.5. The van der Waals surface area contributed by atoms with Crippen molar-refractivity contribution in [2.75, 3.05) is 18.2 Å². The zero-order valence-electron chi connectivity index (χ0n) is 18.6. The lowest BCUT2D eigenvalue weighted by Crippen LogP contribution is -2.15. The third-order valence-corrected chi connectivity index (χ3v) is 6.11. The Morgan fingerprint density at radius 3 is 2.59 bits per heavy atom. The normalized spacial score (nSPS) is 10.5. The van der Waals surface area contributed by atoms with Gasteiger partial charge in [-0.2, -0.15) is 5.26 Å². The number of nitrogens with one attached hydrogen (secondary N) is 1. The fraction of sp³-hybridized carbons (Fsp3) is 0.154. The lowest BCUT2D eigenvalue weighted by molar-refractivity contribution is -0.113. The highest BCUT2D eigenvalue weighted by molar-refractivity contribution is 7.99. The molecule has 0 bridgehead atoms. The van der Waals surface area contributed by atoms with Crippen LogP contribution in [0.5, 0.6) is 5.75 Å². The third kappa shape index (κ3) is 5.82. The minimum absolute atomic E-state index is 0.170. The molecule has 3 aromatic carbocycles. The number of methoxy groups -OCH3 is 1. The van der Waals surface area contributed by atoms with Crippen molar-refractivity contribution >= 4 is 23.4 Å². The number of hydrogen-bond acceptors (Lipinski definition) is 6. The van der Waals surface area contributed by atoms with Gasteiger partial charge in [0.25, 0.3) is 0 Å². The van der Waals surface area contributed by atoms with Crippen LogP contribution in [-0.2, 0) is 17.8 Å². The molecule has 0 saturated carbocycles. The van der Waals surface area contributed by atoms with E-state index >= 15 is 0 Å². The van der Waals surface area contributed by atoms with E-state index in [0.29, 0.717) is 23.0 Å². The Kier molecular flexibility index (Phi) is 7.58. The van der Waals surface area contributed by atoms with E-state index in [1.54, 1.807) is 31.4 Å². The Bertz CT molecular complexity index is 1300. The summed E-state index contributed by atoms with van der Waals surface area (Å²) in [7, 11) is 1.63. The number of carbonyl (C=O) groups is 1. The summed E-state index contributed by atoms with van der Waals surface area (Å²) >= 11 is 1.33. The summed E-state index contributed by atoms with van der Waals surface area (Å²) in [6.45, 7) is 0.673. The minimum atomic E-state index is -0.177. The average molecular weight is 470 g/mol. The first-order valence-corrected chi connectivity index (χ1v) is 11.7. The van der Waals surface area contributed by atoms with Gasteiger partial charge < -0.3 is 14.6 Å². The number of rotatable bonds is 9. The number of ether oxygens (including phenoxy) is 1. The summed E-state index contributed by atoms with van der Waals surface area (Å²) in [5.41, 5.74) is 3.22.